The summed E-state index contributed by atoms with van der Waals surface area (Å²) in [7, 11) is 0. The number of amides is 1. The maximum Gasteiger partial charge on any atom is 0.224 e. The molecule has 0 aromatic rings. The van der Waals surface area contributed by atoms with E-state index in [1.54, 1.807) is 0 Å². The Hall–Kier alpha value is -0.610. The zero-order valence-electron chi connectivity index (χ0n) is 12.0. The molecule has 106 valence electrons. The third kappa shape index (κ3) is 6.36. The van der Waals surface area contributed by atoms with Crippen molar-refractivity contribution in [1.29, 1.82) is 0 Å². The average Bonchev–Trinajstić information content (AvgIpc) is 2.34. The standard InChI is InChI=1S/C14H28N2O2/c1-11(2)6-8-18-9-7-15-14(17)13-5-4-12(3)16-10-13/h11-13,16H,4-10H2,1-3H3,(H,15,17). The van der Waals surface area contributed by atoms with Crippen molar-refractivity contribution in [3.63, 3.8) is 0 Å². The van der Waals surface area contributed by atoms with Gasteiger partial charge in [-0.05, 0) is 32.1 Å². The zero-order chi connectivity index (χ0) is 13.4. The third-order valence-electron chi connectivity index (χ3n) is 3.42. The number of piperidine rings is 1. The van der Waals surface area contributed by atoms with E-state index >= 15 is 0 Å². The number of hydrogen-bond acceptors (Lipinski definition) is 3. The molecule has 2 unspecified atom stereocenters. The van der Waals surface area contributed by atoms with Crippen LogP contribution in [-0.4, -0.2) is 38.3 Å². The van der Waals surface area contributed by atoms with Crippen molar-refractivity contribution in [2.24, 2.45) is 11.8 Å². The Bertz CT molecular complexity index is 236. The molecular weight excluding hydrogens is 228 g/mol. The molecule has 18 heavy (non-hydrogen) atoms. The molecule has 4 nitrogen and oxygen atoms in total. The second kappa shape index (κ2) is 8.48. The molecule has 0 spiro atoms. The summed E-state index contributed by atoms with van der Waals surface area (Å²) >= 11 is 0. The van der Waals surface area contributed by atoms with Crippen molar-refractivity contribution in [2.75, 3.05) is 26.3 Å². The number of hydrogen-bond donors (Lipinski definition) is 2. The van der Waals surface area contributed by atoms with Crippen molar-refractivity contribution in [1.82, 2.24) is 10.6 Å². The van der Waals surface area contributed by atoms with E-state index in [1.807, 2.05) is 0 Å². The lowest BCUT2D eigenvalue weighted by Crippen LogP contribution is -2.44. The Morgan fingerprint density at radius 2 is 2.17 bits per heavy atom. The quantitative estimate of drug-likeness (QED) is 0.680. The Balaban J connectivity index is 2.00. The van der Waals surface area contributed by atoms with Crippen LogP contribution in [0.5, 0.6) is 0 Å². The predicted octanol–water partition coefficient (Wildman–Crippen LogP) is 1.55. The summed E-state index contributed by atoms with van der Waals surface area (Å²) in [6, 6.07) is 0.549. The minimum Gasteiger partial charge on any atom is -0.380 e. The SMILES string of the molecule is CC(C)CCOCCNC(=O)C1CCC(C)NC1. The van der Waals surface area contributed by atoms with E-state index < -0.39 is 0 Å². The molecule has 1 aliphatic heterocycles. The lowest BCUT2D eigenvalue weighted by Gasteiger charge is -2.26. The van der Waals surface area contributed by atoms with Crippen LogP contribution >= 0.6 is 0 Å². The summed E-state index contributed by atoms with van der Waals surface area (Å²) in [6.07, 6.45) is 3.16. The molecule has 1 heterocycles. The lowest BCUT2D eigenvalue weighted by atomic mass is 9.95. The molecule has 0 radical (unpaired) electrons. The number of carbonyl (C=O) groups excluding carboxylic acids is 1. The summed E-state index contributed by atoms with van der Waals surface area (Å²) in [4.78, 5) is 11.8. The largest absolute Gasteiger partial charge is 0.380 e. The smallest absolute Gasteiger partial charge is 0.224 e. The van der Waals surface area contributed by atoms with Gasteiger partial charge in [0.05, 0.1) is 12.5 Å². The molecule has 2 N–H and O–H groups in total. The maximum absolute atomic E-state index is 11.8. The summed E-state index contributed by atoms with van der Waals surface area (Å²) in [5, 5.41) is 6.30. The fourth-order valence-electron chi connectivity index (χ4n) is 2.03. The average molecular weight is 256 g/mol. The summed E-state index contributed by atoms with van der Waals surface area (Å²) < 4.78 is 5.47. The van der Waals surface area contributed by atoms with Gasteiger partial charge in [-0.25, -0.2) is 0 Å². The molecule has 1 aliphatic rings. The van der Waals surface area contributed by atoms with E-state index in [-0.39, 0.29) is 11.8 Å². The number of nitrogens with one attached hydrogen (secondary N) is 2. The summed E-state index contributed by atoms with van der Waals surface area (Å²) in [5.41, 5.74) is 0. The molecule has 0 aromatic carbocycles. The number of rotatable bonds is 7. The van der Waals surface area contributed by atoms with Crippen molar-refractivity contribution in [3.8, 4) is 0 Å². The van der Waals surface area contributed by atoms with E-state index in [9.17, 15) is 4.79 Å². The first-order valence-corrected chi connectivity index (χ1v) is 7.18. The molecule has 0 aromatic heterocycles. The highest BCUT2D eigenvalue weighted by Gasteiger charge is 2.23. The molecule has 0 saturated carbocycles. The normalized spacial score (nSPS) is 24.2. The lowest BCUT2D eigenvalue weighted by molar-refractivity contribution is -0.125. The Morgan fingerprint density at radius 3 is 2.78 bits per heavy atom. The van der Waals surface area contributed by atoms with Crippen molar-refractivity contribution < 1.29 is 9.53 Å². The van der Waals surface area contributed by atoms with Crippen LogP contribution in [0, 0.1) is 11.8 Å². The second-order valence-corrected chi connectivity index (χ2v) is 5.67. The van der Waals surface area contributed by atoms with Crippen LogP contribution in [0.15, 0.2) is 0 Å². The van der Waals surface area contributed by atoms with Crippen molar-refractivity contribution in [3.05, 3.63) is 0 Å². The molecule has 2 atom stereocenters. The molecule has 1 rings (SSSR count). The first-order valence-electron chi connectivity index (χ1n) is 7.18. The van der Waals surface area contributed by atoms with E-state index in [0.29, 0.717) is 25.1 Å². The van der Waals surface area contributed by atoms with Gasteiger partial charge in [-0.1, -0.05) is 13.8 Å². The highest BCUT2D eigenvalue weighted by molar-refractivity contribution is 5.78. The van der Waals surface area contributed by atoms with Crippen LogP contribution in [-0.2, 0) is 9.53 Å². The fourth-order valence-corrected chi connectivity index (χ4v) is 2.03. The van der Waals surface area contributed by atoms with E-state index in [2.05, 4.69) is 31.4 Å². The van der Waals surface area contributed by atoms with Crippen LogP contribution in [0.1, 0.15) is 40.0 Å². The van der Waals surface area contributed by atoms with Gasteiger partial charge in [-0.15, -0.1) is 0 Å². The fraction of sp³-hybridized carbons (Fsp3) is 0.929. The van der Waals surface area contributed by atoms with E-state index in [4.69, 9.17) is 4.74 Å². The Kier molecular flexibility index (Phi) is 7.28. The van der Waals surface area contributed by atoms with Crippen molar-refractivity contribution >= 4 is 5.91 Å². The topological polar surface area (TPSA) is 50.4 Å². The third-order valence-corrected chi connectivity index (χ3v) is 3.42. The van der Waals surface area contributed by atoms with Gasteiger partial charge in [-0.2, -0.15) is 0 Å². The molecule has 4 heteroatoms. The van der Waals surface area contributed by atoms with Gasteiger partial charge in [-0.3, -0.25) is 4.79 Å². The van der Waals surface area contributed by atoms with Crippen LogP contribution in [0.2, 0.25) is 0 Å². The minimum atomic E-state index is 0.136. The van der Waals surface area contributed by atoms with Gasteiger partial charge >= 0.3 is 0 Å². The number of carbonyl (C=O) groups is 1. The summed E-state index contributed by atoms with van der Waals surface area (Å²) in [5.74, 6) is 0.980. The van der Waals surface area contributed by atoms with E-state index in [1.165, 1.54) is 0 Å². The highest BCUT2D eigenvalue weighted by Crippen LogP contribution is 2.13. The molecular formula is C14H28N2O2. The van der Waals surface area contributed by atoms with Gasteiger partial charge in [0.1, 0.15) is 0 Å². The predicted molar refractivity (Wildman–Crippen MR) is 73.5 cm³/mol. The van der Waals surface area contributed by atoms with Gasteiger partial charge in [0.15, 0.2) is 0 Å². The first-order chi connectivity index (χ1) is 8.59. The molecule has 1 amide bonds. The molecule has 1 saturated heterocycles. The highest BCUT2D eigenvalue weighted by atomic mass is 16.5. The van der Waals surface area contributed by atoms with Gasteiger partial charge < -0.3 is 15.4 Å². The Morgan fingerprint density at radius 1 is 1.39 bits per heavy atom. The Labute approximate surface area is 111 Å². The van der Waals surface area contributed by atoms with Gasteiger partial charge in [0, 0.05) is 25.7 Å². The second-order valence-electron chi connectivity index (χ2n) is 5.67. The van der Waals surface area contributed by atoms with E-state index in [0.717, 1.165) is 32.4 Å². The summed E-state index contributed by atoms with van der Waals surface area (Å²) in [6.45, 7) is 9.37. The first kappa shape index (κ1) is 15.4. The number of ether oxygens (including phenoxy) is 1. The van der Waals surface area contributed by atoms with Crippen LogP contribution in [0.25, 0.3) is 0 Å². The molecule has 1 fully saturated rings. The van der Waals surface area contributed by atoms with Crippen LogP contribution < -0.4 is 10.6 Å². The monoisotopic (exact) mass is 256 g/mol. The van der Waals surface area contributed by atoms with Gasteiger partial charge in [0.25, 0.3) is 0 Å². The van der Waals surface area contributed by atoms with Crippen LogP contribution in [0.4, 0.5) is 0 Å². The van der Waals surface area contributed by atoms with Gasteiger partial charge in [0.2, 0.25) is 5.91 Å². The molecule has 0 bridgehead atoms. The maximum atomic E-state index is 11.8. The zero-order valence-corrected chi connectivity index (χ0v) is 12.0. The van der Waals surface area contributed by atoms with Crippen molar-refractivity contribution in [2.45, 2.75) is 46.1 Å². The van der Waals surface area contributed by atoms with Crippen LogP contribution in [0.3, 0.4) is 0 Å². The minimum absolute atomic E-state index is 0.136. The molecule has 0 aliphatic carbocycles.